The van der Waals surface area contributed by atoms with Crippen LogP contribution in [0.3, 0.4) is 0 Å². The molecule has 0 aromatic heterocycles. The predicted octanol–water partition coefficient (Wildman–Crippen LogP) is 3.89. The van der Waals surface area contributed by atoms with Crippen molar-refractivity contribution >= 4 is 23.8 Å². The Bertz CT molecular complexity index is 793. The molecule has 1 amide bonds. The highest BCUT2D eigenvalue weighted by Gasteiger charge is 2.27. The fourth-order valence-electron chi connectivity index (χ4n) is 3.46. The molecule has 0 bridgehead atoms. The van der Waals surface area contributed by atoms with Gasteiger partial charge in [-0.25, -0.2) is 0 Å². The zero-order valence-electron chi connectivity index (χ0n) is 21.0. The van der Waals surface area contributed by atoms with Crippen molar-refractivity contribution in [1.29, 1.82) is 0 Å². The van der Waals surface area contributed by atoms with Crippen LogP contribution in [0.4, 0.5) is 0 Å². The van der Waals surface area contributed by atoms with Crippen LogP contribution in [0.1, 0.15) is 80.0 Å². The number of hydrogen-bond donors (Lipinski definition) is 0. The van der Waals surface area contributed by atoms with Crippen LogP contribution in [0.25, 0.3) is 0 Å². The molecule has 1 atom stereocenters. The molecule has 1 unspecified atom stereocenters. The summed E-state index contributed by atoms with van der Waals surface area (Å²) in [6.45, 7) is 7.61. The largest absolute Gasteiger partial charge is 0.490 e. The highest BCUT2D eigenvalue weighted by atomic mass is 16.5. The molecule has 0 saturated carbocycles. The van der Waals surface area contributed by atoms with Gasteiger partial charge in [-0.1, -0.05) is 26.3 Å². The van der Waals surface area contributed by atoms with Gasteiger partial charge in [0.1, 0.15) is 18.1 Å². The van der Waals surface area contributed by atoms with E-state index in [2.05, 4.69) is 6.92 Å². The van der Waals surface area contributed by atoms with Crippen LogP contribution in [0.15, 0.2) is 18.2 Å². The minimum Gasteiger partial charge on any atom is -0.490 e. The van der Waals surface area contributed by atoms with Gasteiger partial charge in [-0.3, -0.25) is 19.2 Å². The van der Waals surface area contributed by atoms with Crippen molar-refractivity contribution in [3.05, 3.63) is 29.3 Å². The third-order valence-electron chi connectivity index (χ3n) is 5.40. The van der Waals surface area contributed by atoms with Crippen LogP contribution >= 0.6 is 0 Å². The first-order chi connectivity index (χ1) is 16.4. The molecule has 190 valence electrons. The van der Waals surface area contributed by atoms with E-state index in [1.54, 1.807) is 12.1 Å². The highest BCUT2D eigenvalue weighted by Crippen LogP contribution is 2.23. The van der Waals surface area contributed by atoms with Gasteiger partial charge in [-0.05, 0) is 38.3 Å². The van der Waals surface area contributed by atoms with E-state index in [1.165, 1.54) is 24.9 Å². The lowest BCUT2D eigenvalue weighted by Crippen LogP contribution is -2.42. The smallest absolute Gasteiger partial charge is 0.255 e. The van der Waals surface area contributed by atoms with E-state index in [4.69, 9.17) is 14.2 Å². The average molecular weight is 478 g/mol. The number of unbranched alkanes of at least 4 members (excludes halogenated alkanes) is 1. The lowest BCUT2D eigenvalue weighted by Gasteiger charge is -2.27. The van der Waals surface area contributed by atoms with E-state index in [-0.39, 0.29) is 47.9 Å². The van der Waals surface area contributed by atoms with E-state index in [9.17, 15) is 19.2 Å². The van der Waals surface area contributed by atoms with Crippen molar-refractivity contribution in [2.75, 3.05) is 40.1 Å². The zero-order chi connectivity index (χ0) is 25.3. The SMILES string of the molecule is CCCCOCCOCCOc1cccc(C(=O)N(C)C(CCC(=O)CCC)C(C)=O)c1C=O. The number of likely N-dealkylation sites (N-methyl/N-ethyl adjacent to an activating group) is 1. The van der Waals surface area contributed by atoms with Gasteiger partial charge in [-0.15, -0.1) is 0 Å². The second-order valence-corrected chi connectivity index (χ2v) is 8.13. The maximum absolute atomic E-state index is 13.2. The van der Waals surface area contributed by atoms with Crippen molar-refractivity contribution in [3.63, 3.8) is 0 Å². The van der Waals surface area contributed by atoms with Crippen LogP contribution in [-0.4, -0.2) is 74.8 Å². The van der Waals surface area contributed by atoms with Crippen molar-refractivity contribution in [2.24, 2.45) is 0 Å². The van der Waals surface area contributed by atoms with E-state index in [0.717, 1.165) is 19.3 Å². The Hall–Kier alpha value is -2.58. The summed E-state index contributed by atoms with van der Waals surface area (Å²) in [6.07, 6.45) is 4.35. The molecule has 8 heteroatoms. The number of hydrogen-bond acceptors (Lipinski definition) is 7. The Balaban J connectivity index is 2.74. The van der Waals surface area contributed by atoms with Crippen LogP contribution in [0.5, 0.6) is 5.75 Å². The van der Waals surface area contributed by atoms with Gasteiger partial charge in [0.2, 0.25) is 0 Å². The molecule has 8 nitrogen and oxygen atoms in total. The summed E-state index contributed by atoms with van der Waals surface area (Å²) in [5.74, 6) is -0.352. The van der Waals surface area contributed by atoms with Crippen LogP contribution in [-0.2, 0) is 19.1 Å². The number of rotatable bonds is 19. The quantitative estimate of drug-likeness (QED) is 0.220. The third kappa shape index (κ3) is 10.1. The summed E-state index contributed by atoms with van der Waals surface area (Å²) in [6, 6.07) is 4.02. The fraction of sp³-hybridized carbons (Fsp3) is 0.615. The first-order valence-corrected chi connectivity index (χ1v) is 12.0. The summed E-state index contributed by atoms with van der Waals surface area (Å²) in [5, 5.41) is 0. The molecule has 0 heterocycles. The number of benzene rings is 1. The first-order valence-electron chi connectivity index (χ1n) is 12.0. The van der Waals surface area contributed by atoms with E-state index < -0.39 is 11.9 Å². The lowest BCUT2D eigenvalue weighted by molar-refractivity contribution is -0.122. The van der Waals surface area contributed by atoms with Gasteiger partial charge < -0.3 is 19.1 Å². The Morgan fingerprint density at radius 1 is 0.971 bits per heavy atom. The highest BCUT2D eigenvalue weighted by molar-refractivity contribution is 6.04. The monoisotopic (exact) mass is 477 g/mol. The standard InChI is InChI=1S/C26H39NO7/c1-5-7-14-32-15-16-33-17-18-34-25-11-8-10-22(23(25)19-28)26(31)27(4)24(20(3)29)13-12-21(30)9-6-2/h8,10-11,19,24H,5-7,9,12-18H2,1-4H3. The molecule has 34 heavy (non-hydrogen) atoms. The predicted molar refractivity (Wildman–Crippen MR) is 130 cm³/mol. The molecule has 0 aliphatic heterocycles. The minimum absolute atomic E-state index is 0.0633. The normalized spacial score (nSPS) is 11.6. The van der Waals surface area contributed by atoms with Crippen molar-refractivity contribution < 1.29 is 33.4 Å². The molecule has 0 aliphatic carbocycles. The Morgan fingerprint density at radius 2 is 1.65 bits per heavy atom. The maximum atomic E-state index is 13.2. The van der Waals surface area contributed by atoms with Gasteiger partial charge in [0.15, 0.2) is 12.1 Å². The molecule has 1 rings (SSSR count). The Labute approximate surface area is 202 Å². The Kier molecular flexibility index (Phi) is 14.7. The van der Waals surface area contributed by atoms with Gasteiger partial charge in [0, 0.05) is 26.5 Å². The van der Waals surface area contributed by atoms with Gasteiger partial charge in [0.05, 0.1) is 37.0 Å². The third-order valence-corrected chi connectivity index (χ3v) is 5.40. The number of ketones is 2. The number of carbonyl (C=O) groups excluding carboxylic acids is 4. The number of amides is 1. The Morgan fingerprint density at radius 3 is 2.26 bits per heavy atom. The summed E-state index contributed by atoms with van der Waals surface area (Å²) >= 11 is 0. The maximum Gasteiger partial charge on any atom is 0.255 e. The fourth-order valence-corrected chi connectivity index (χ4v) is 3.46. The molecular weight excluding hydrogens is 438 g/mol. The number of carbonyl (C=O) groups is 4. The number of ether oxygens (including phenoxy) is 3. The zero-order valence-corrected chi connectivity index (χ0v) is 21.0. The molecule has 0 saturated heterocycles. The molecular formula is C26H39NO7. The summed E-state index contributed by atoms with van der Waals surface area (Å²) < 4.78 is 16.6. The van der Waals surface area contributed by atoms with Gasteiger partial charge >= 0.3 is 0 Å². The second-order valence-electron chi connectivity index (χ2n) is 8.13. The molecule has 0 fully saturated rings. The number of nitrogens with zero attached hydrogens (tertiary/aromatic N) is 1. The average Bonchev–Trinajstić information content (AvgIpc) is 2.82. The molecule has 0 spiro atoms. The molecule has 1 aromatic carbocycles. The second kappa shape index (κ2) is 16.9. The molecule has 1 aromatic rings. The van der Waals surface area contributed by atoms with Crippen molar-refractivity contribution in [2.45, 2.75) is 65.3 Å². The first kappa shape index (κ1) is 29.5. The molecule has 0 N–H and O–H groups in total. The van der Waals surface area contributed by atoms with Crippen LogP contribution < -0.4 is 4.74 Å². The number of aldehydes is 1. The summed E-state index contributed by atoms with van der Waals surface area (Å²) in [7, 11) is 1.51. The summed E-state index contributed by atoms with van der Waals surface area (Å²) in [4.78, 5) is 50.4. The lowest BCUT2D eigenvalue weighted by atomic mass is 10.00. The van der Waals surface area contributed by atoms with E-state index in [1.807, 2.05) is 6.92 Å². The molecule has 0 radical (unpaired) electrons. The van der Waals surface area contributed by atoms with Crippen molar-refractivity contribution in [1.82, 2.24) is 4.90 Å². The van der Waals surface area contributed by atoms with Crippen LogP contribution in [0.2, 0.25) is 0 Å². The van der Waals surface area contributed by atoms with Gasteiger partial charge in [-0.2, -0.15) is 0 Å². The summed E-state index contributed by atoms with van der Waals surface area (Å²) in [5.41, 5.74) is 0.262. The van der Waals surface area contributed by atoms with E-state index in [0.29, 0.717) is 39.1 Å². The minimum atomic E-state index is -0.745. The topological polar surface area (TPSA) is 99.2 Å². The van der Waals surface area contributed by atoms with Crippen LogP contribution in [0, 0.1) is 0 Å². The number of Topliss-reactive ketones (excluding diaryl/α,β-unsaturated/α-hetero) is 2. The van der Waals surface area contributed by atoms with Gasteiger partial charge in [0.25, 0.3) is 5.91 Å². The molecule has 0 aliphatic rings. The van der Waals surface area contributed by atoms with Crippen molar-refractivity contribution in [3.8, 4) is 5.75 Å². The van der Waals surface area contributed by atoms with E-state index >= 15 is 0 Å².